The van der Waals surface area contributed by atoms with Crippen LogP contribution in [-0.4, -0.2) is 75.2 Å². The van der Waals surface area contributed by atoms with Gasteiger partial charge in [0.1, 0.15) is 10.7 Å². The first-order valence-electron chi connectivity index (χ1n) is 11.7. The number of aliphatic hydroxyl groups excluding tert-OH is 1. The molecule has 0 aliphatic carbocycles. The van der Waals surface area contributed by atoms with E-state index in [1.165, 1.54) is 17.5 Å². The normalized spacial score (nSPS) is 14.0. The maximum atomic E-state index is 12.8. The number of hydrogen-bond donors (Lipinski definition) is 3. The largest absolute Gasteiger partial charge is 0.395 e. The molecule has 0 unspecified atom stereocenters. The Labute approximate surface area is 219 Å². The summed E-state index contributed by atoms with van der Waals surface area (Å²) in [5, 5.41) is 16.2. The molecule has 3 heterocycles. The number of nitrogens with one attached hydrogen (secondary N) is 2. The van der Waals surface area contributed by atoms with Crippen LogP contribution in [0.25, 0.3) is 0 Å². The van der Waals surface area contributed by atoms with Gasteiger partial charge in [-0.15, -0.1) is 6.58 Å². The molecule has 1 fully saturated rings. The van der Waals surface area contributed by atoms with Crippen molar-refractivity contribution in [1.82, 2.24) is 24.8 Å². The zero-order chi connectivity index (χ0) is 25.5. The van der Waals surface area contributed by atoms with Crippen LogP contribution in [0.5, 0.6) is 0 Å². The Morgan fingerprint density at radius 2 is 2.06 bits per heavy atom. The number of amides is 1. The molecule has 12 heteroatoms. The van der Waals surface area contributed by atoms with Crippen molar-refractivity contribution >= 4 is 51.6 Å². The van der Waals surface area contributed by atoms with Crippen LogP contribution >= 0.6 is 22.9 Å². The molecule has 190 valence electrons. The van der Waals surface area contributed by atoms with Crippen molar-refractivity contribution in [1.29, 1.82) is 0 Å². The van der Waals surface area contributed by atoms with Crippen LogP contribution in [-0.2, 0) is 6.42 Å². The van der Waals surface area contributed by atoms with Crippen LogP contribution in [0.4, 0.5) is 22.7 Å². The van der Waals surface area contributed by atoms with Crippen LogP contribution in [0.3, 0.4) is 0 Å². The molecule has 0 saturated carbocycles. The van der Waals surface area contributed by atoms with Crippen molar-refractivity contribution < 1.29 is 9.90 Å². The molecule has 0 spiro atoms. The highest BCUT2D eigenvalue weighted by Gasteiger charge is 2.21. The topological polar surface area (TPSA) is 119 Å². The number of para-hydroxylation sites is 1. The van der Waals surface area contributed by atoms with E-state index < -0.39 is 0 Å². The number of carbonyl (C=O) groups excluding carboxylic acids is 1. The van der Waals surface area contributed by atoms with Gasteiger partial charge in [-0.05, 0) is 25.0 Å². The average Bonchev–Trinajstić information content (AvgIpc) is 3.34. The lowest BCUT2D eigenvalue weighted by Gasteiger charge is -2.34. The zero-order valence-corrected chi connectivity index (χ0v) is 21.6. The Kier molecular flexibility index (Phi) is 8.81. The Morgan fingerprint density at radius 1 is 1.25 bits per heavy atom. The quantitative estimate of drug-likeness (QED) is 0.339. The summed E-state index contributed by atoms with van der Waals surface area (Å²) >= 11 is 7.44. The summed E-state index contributed by atoms with van der Waals surface area (Å²) in [7, 11) is 0. The fourth-order valence-electron chi connectivity index (χ4n) is 3.76. The Bertz CT molecular complexity index is 1190. The molecule has 1 saturated heterocycles. The molecule has 1 aliphatic rings. The Morgan fingerprint density at radius 3 is 2.78 bits per heavy atom. The molecule has 36 heavy (non-hydrogen) atoms. The minimum absolute atomic E-state index is 0.150. The number of nitrogens with zero attached hydrogens (tertiary/aromatic N) is 6. The summed E-state index contributed by atoms with van der Waals surface area (Å²) < 4.78 is 0. The lowest BCUT2D eigenvalue weighted by atomic mass is 10.2. The van der Waals surface area contributed by atoms with Gasteiger partial charge < -0.3 is 15.3 Å². The average molecular weight is 529 g/mol. The van der Waals surface area contributed by atoms with Gasteiger partial charge in [0.25, 0.3) is 5.91 Å². The van der Waals surface area contributed by atoms with Crippen molar-refractivity contribution in [3.63, 3.8) is 0 Å². The summed E-state index contributed by atoms with van der Waals surface area (Å²) in [6.45, 7) is 9.65. The number of thiazole rings is 1. The molecular formula is C24H29ClN8O2S. The van der Waals surface area contributed by atoms with Crippen LogP contribution in [0.1, 0.15) is 27.5 Å². The first kappa shape index (κ1) is 26.0. The Hall–Kier alpha value is -3.12. The number of allylic oxidation sites excluding steroid dienone is 1. The fourth-order valence-corrected chi connectivity index (χ4v) is 4.73. The van der Waals surface area contributed by atoms with Crippen LogP contribution in [0.2, 0.25) is 5.02 Å². The fraction of sp³-hybridized carbons (Fsp3) is 0.375. The highest BCUT2D eigenvalue weighted by atomic mass is 35.5. The van der Waals surface area contributed by atoms with E-state index in [1.54, 1.807) is 6.07 Å². The van der Waals surface area contributed by atoms with Crippen molar-refractivity contribution in [2.24, 2.45) is 0 Å². The number of anilines is 4. The molecule has 3 aromatic rings. The first-order valence-corrected chi connectivity index (χ1v) is 12.9. The van der Waals surface area contributed by atoms with E-state index in [-0.39, 0.29) is 12.5 Å². The molecule has 3 N–H and O–H groups in total. The van der Waals surface area contributed by atoms with Gasteiger partial charge in [-0.2, -0.15) is 15.0 Å². The predicted octanol–water partition coefficient (Wildman–Crippen LogP) is 3.52. The molecule has 1 aliphatic heterocycles. The van der Waals surface area contributed by atoms with E-state index in [9.17, 15) is 9.90 Å². The standard InChI is InChI=1S/C24H29ClN8O2S/c1-3-4-8-19-27-22(30-23(28-19)33-11-9-32(10-12-33)13-14-34)31-24-26-15-18(36-24)21(35)29-20-16(2)6-5-7-17(20)25/h3,5-7,15,34H,1,4,8-14H2,2H3,(H,29,35)(H,26,27,28,30,31). The van der Waals surface area contributed by atoms with Crippen LogP contribution in [0.15, 0.2) is 37.1 Å². The van der Waals surface area contributed by atoms with E-state index in [4.69, 9.17) is 11.6 Å². The minimum Gasteiger partial charge on any atom is -0.395 e. The SMILES string of the molecule is C=CCCc1nc(Nc2ncc(C(=O)Nc3c(C)cccc3Cl)s2)nc(N2CCN(CCO)CC2)n1. The van der Waals surface area contributed by atoms with Crippen molar-refractivity contribution in [3.8, 4) is 0 Å². The number of carbonyl (C=O) groups is 1. The second-order valence-corrected chi connectivity index (χ2v) is 9.73. The van der Waals surface area contributed by atoms with Gasteiger partial charge in [0, 0.05) is 39.1 Å². The maximum Gasteiger partial charge on any atom is 0.267 e. The first-order chi connectivity index (χ1) is 17.5. The molecule has 0 atom stereocenters. The van der Waals surface area contributed by atoms with E-state index in [0.29, 0.717) is 51.4 Å². The summed E-state index contributed by atoms with van der Waals surface area (Å²) in [5.74, 6) is 1.34. The molecular weight excluding hydrogens is 500 g/mol. The van der Waals surface area contributed by atoms with Gasteiger partial charge in [0.05, 0.1) is 23.5 Å². The third kappa shape index (κ3) is 6.55. The van der Waals surface area contributed by atoms with Crippen molar-refractivity contribution in [3.05, 3.63) is 58.3 Å². The third-order valence-electron chi connectivity index (χ3n) is 5.72. The van der Waals surface area contributed by atoms with Crippen LogP contribution in [0, 0.1) is 6.92 Å². The number of benzene rings is 1. The predicted molar refractivity (Wildman–Crippen MR) is 144 cm³/mol. The molecule has 4 rings (SSSR count). The van der Waals surface area contributed by atoms with Crippen LogP contribution < -0.4 is 15.5 Å². The zero-order valence-electron chi connectivity index (χ0n) is 20.1. The number of hydrogen-bond acceptors (Lipinski definition) is 10. The van der Waals surface area contributed by atoms with Crippen molar-refractivity contribution in [2.75, 3.05) is 54.9 Å². The van der Waals surface area contributed by atoms with E-state index in [2.05, 4.69) is 46.9 Å². The maximum absolute atomic E-state index is 12.8. The second-order valence-electron chi connectivity index (χ2n) is 8.30. The molecule has 0 radical (unpaired) electrons. The Balaban J connectivity index is 1.49. The molecule has 2 aromatic heterocycles. The summed E-state index contributed by atoms with van der Waals surface area (Å²) in [6.07, 6.45) is 4.73. The molecule has 0 bridgehead atoms. The second kappa shape index (κ2) is 12.2. The van der Waals surface area contributed by atoms with E-state index >= 15 is 0 Å². The highest BCUT2D eigenvalue weighted by Crippen LogP contribution is 2.28. The number of halogens is 1. The number of aryl methyl sites for hydroxylation is 2. The number of aromatic nitrogens is 4. The highest BCUT2D eigenvalue weighted by molar-refractivity contribution is 7.17. The number of aliphatic hydroxyl groups is 1. The summed E-state index contributed by atoms with van der Waals surface area (Å²) in [6, 6.07) is 5.46. The minimum atomic E-state index is -0.291. The summed E-state index contributed by atoms with van der Waals surface area (Å²) in [4.78, 5) is 35.7. The lowest BCUT2D eigenvalue weighted by molar-refractivity contribution is 0.103. The number of piperazine rings is 1. The molecule has 1 amide bonds. The smallest absolute Gasteiger partial charge is 0.267 e. The van der Waals surface area contributed by atoms with E-state index in [1.807, 2.05) is 25.1 Å². The van der Waals surface area contributed by atoms with Gasteiger partial charge in [-0.1, -0.05) is 41.1 Å². The number of β-amino-alcohol motifs (C(OH)–C–C–N with tert-alkyl or cyclic N) is 1. The van der Waals surface area contributed by atoms with E-state index in [0.717, 1.165) is 38.2 Å². The van der Waals surface area contributed by atoms with Gasteiger partial charge >= 0.3 is 0 Å². The lowest BCUT2D eigenvalue weighted by Crippen LogP contribution is -2.47. The molecule has 1 aromatic carbocycles. The van der Waals surface area contributed by atoms with Gasteiger partial charge in [0.2, 0.25) is 11.9 Å². The van der Waals surface area contributed by atoms with Gasteiger partial charge in [-0.3, -0.25) is 15.0 Å². The third-order valence-corrected chi connectivity index (χ3v) is 6.95. The summed E-state index contributed by atoms with van der Waals surface area (Å²) in [5.41, 5.74) is 1.46. The number of rotatable bonds is 10. The van der Waals surface area contributed by atoms with Gasteiger partial charge in [-0.25, -0.2) is 4.98 Å². The monoisotopic (exact) mass is 528 g/mol. The van der Waals surface area contributed by atoms with Gasteiger partial charge in [0.15, 0.2) is 5.13 Å². The van der Waals surface area contributed by atoms with Crippen molar-refractivity contribution in [2.45, 2.75) is 19.8 Å². The molecule has 10 nitrogen and oxygen atoms in total.